The van der Waals surface area contributed by atoms with E-state index in [0.717, 1.165) is 25.9 Å². The molecule has 0 spiro atoms. The molecule has 4 nitrogen and oxygen atoms in total. The number of nitriles is 1. The van der Waals surface area contributed by atoms with Crippen molar-refractivity contribution in [2.45, 2.75) is 19.3 Å². The molecule has 0 amide bonds. The number of rotatable bonds is 1. The molecule has 15 heavy (non-hydrogen) atoms. The molecule has 1 saturated heterocycles. The summed E-state index contributed by atoms with van der Waals surface area (Å²) in [6.45, 7) is 1.61. The van der Waals surface area contributed by atoms with Gasteiger partial charge in [-0.3, -0.25) is 0 Å². The SMILES string of the molecule is N#Cc1ncnc(N2CCCCC2)c1F. The third-order valence-corrected chi connectivity index (χ3v) is 2.53. The average Bonchev–Trinajstić information content (AvgIpc) is 2.30. The summed E-state index contributed by atoms with van der Waals surface area (Å²) in [6, 6.07) is 1.72. The first-order valence-electron chi connectivity index (χ1n) is 4.98. The van der Waals surface area contributed by atoms with Crippen molar-refractivity contribution in [2.75, 3.05) is 18.0 Å². The maximum atomic E-state index is 13.7. The molecule has 0 aliphatic carbocycles. The van der Waals surface area contributed by atoms with Gasteiger partial charge in [-0.2, -0.15) is 9.65 Å². The molecule has 5 heteroatoms. The topological polar surface area (TPSA) is 52.8 Å². The zero-order valence-corrected chi connectivity index (χ0v) is 8.28. The monoisotopic (exact) mass is 206 g/mol. The summed E-state index contributed by atoms with van der Waals surface area (Å²) in [5.74, 6) is -0.330. The molecule has 0 aromatic carbocycles. The fraction of sp³-hybridized carbons (Fsp3) is 0.500. The van der Waals surface area contributed by atoms with Gasteiger partial charge in [0.25, 0.3) is 0 Å². The molecule has 0 atom stereocenters. The first-order valence-corrected chi connectivity index (χ1v) is 4.98. The van der Waals surface area contributed by atoms with Crippen LogP contribution in [-0.2, 0) is 0 Å². The summed E-state index contributed by atoms with van der Waals surface area (Å²) in [5, 5.41) is 8.64. The molecule has 78 valence electrons. The first-order chi connectivity index (χ1) is 7.33. The van der Waals surface area contributed by atoms with Crippen LogP contribution in [0.5, 0.6) is 0 Å². The molecular weight excluding hydrogens is 195 g/mol. The molecule has 0 bridgehead atoms. The molecule has 1 fully saturated rings. The Morgan fingerprint density at radius 1 is 1.27 bits per heavy atom. The zero-order valence-electron chi connectivity index (χ0n) is 8.28. The molecule has 0 N–H and O–H groups in total. The van der Waals surface area contributed by atoms with Gasteiger partial charge in [0.05, 0.1) is 0 Å². The smallest absolute Gasteiger partial charge is 0.202 e. The van der Waals surface area contributed by atoms with E-state index in [9.17, 15) is 4.39 Å². The molecule has 0 radical (unpaired) electrons. The van der Waals surface area contributed by atoms with Gasteiger partial charge in [0.2, 0.25) is 5.82 Å². The van der Waals surface area contributed by atoms with Gasteiger partial charge < -0.3 is 4.90 Å². The molecule has 0 saturated carbocycles. The maximum Gasteiger partial charge on any atom is 0.202 e. The van der Waals surface area contributed by atoms with Crippen LogP contribution >= 0.6 is 0 Å². The van der Waals surface area contributed by atoms with Crippen molar-refractivity contribution in [3.8, 4) is 6.07 Å². The van der Waals surface area contributed by atoms with Crippen molar-refractivity contribution >= 4 is 5.82 Å². The largest absolute Gasteiger partial charge is 0.354 e. The van der Waals surface area contributed by atoms with Crippen LogP contribution in [-0.4, -0.2) is 23.1 Å². The minimum Gasteiger partial charge on any atom is -0.354 e. The second kappa shape index (κ2) is 4.22. The Bertz CT molecular complexity index is 393. The van der Waals surface area contributed by atoms with Crippen molar-refractivity contribution in [3.63, 3.8) is 0 Å². The van der Waals surface area contributed by atoms with E-state index in [4.69, 9.17) is 5.26 Å². The van der Waals surface area contributed by atoms with Crippen LogP contribution < -0.4 is 4.90 Å². The van der Waals surface area contributed by atoms with Gasteiger partial charge >= 0.3 is 0 Å². The van der Waals surface area contributed by atoms with Crippen LogP contribution in [0.2, 0.25) is 0 Å². The number of halogens is 1. The molecule has 1 aliphatic rings. The van der Waals surface area contributed by atoms with Crippen LogP contribution in [0, 0.1) is 17.1 Å². The molecule has 1 aliphatic heterocycles. The highest BCUT2D eigenvalue weighted by Crippen LogP contribution is 2.21. The van der Waals surface area contributed by atoms with Crippen molar-refractivity contribution in [3.05, 3.63) is 17.8 Å². The fourth-order valence-electron chi connectivity index (χ4n) is 1.76. The Morgan fingerprint density at radius 3 is 2.67 bits per heavy atom. The van der Waals surface area contributed by atoms with E-state index in [2.05, 4.69) is 9.97 Å². The number of hydrogen-bond donors (Lipinski definition) is 0. The number of hydrogen-bond acceptors (Lipinski definition) is 4. The molecular formula is C10H11FN4. The summed E-state index contributed by atoms with van der Waals surface area (Å²) < 4.78 is 13.7. The van der Waals surface area contributed by atoms with Gasteiger partial charge in [-0.1, -0.05) is 0 Å². The van der Waals surface area contributed by atoms with Gasteiger partial charge in [-0.25, -0.2) is 9.97 Å². The van der Waals surface area contributed by atoms with Crippen LogP contribution in [0.3, 0.4) is 0 Å². The minimum atomic E-state index is -0.595. The predicted molar refractivity (Wildman–Crippen MR) is 52.8 cm³/mol. The molecule has 0 unspecified atom stereocenters. The van der Waals surface area contributed by atoms with Crippen molar-refractivity contribution in [2.24, 2.45) is 0 Å². The fourth-order valence-corrected chi connectivity index (χ4v) is 1.76. The van der Waals surface area contributed by atoms with Crippen molar-refractivity contribution in [1.82, 2.24) is 9.97 Å². The van der Waals surface area contributed by atoms with Crippen LogP contribution in [0.1, 0.15) is 25.0 Å². The molecule has 2 rings (SSSR count). The van der Waals surface area contributed by atoms with Gasteiger partial charge in [0.15, 0.2) is 11.5 Å². The summed E-state index contributed by atoms with van der Waals surface area (Å²) >= 11 is 0. The zero-order chi connectivity index (χ0) is 10.7. The number of aromatic nitrogens is 2. The normalized spacial score (nSPS) is 16.1. The van der Waals surface area contributed by atoms with Crippen LogP contribution in [0.4, 0.5) is 10.2 Å². The van der Waals surface area contributed by atoms with Gasteiger partial charge in [-0.15, -0.1) is 0 Å². The highest BCUT2D eigenvalue weighted by Gasteiger charge is 2.18. The van der Waals surface area contributed by atoms with Crippen molar-refractivity contribution in [1.29, 1.82) is 5.26 Å². The Balaban J connectivity index is 2.31. The highest BCUT2D eigenvalue weighted by atomic mass is 19.1. The lowest BCUT2D eigenvalue weighted by atomic mass is 10.1. The highest BCUT2D eigenvalue weighted by molar-refractivity contribution is 5.44. The van der Waals surface area contributed by atoms with E-state index in [1.165, 1.54) is 12.7 Å². The Labute approximate surface area is 87.4 Å². The lowest BCUT2D eigenvalue weighted by molar-refractivity contribution is 0.545. The van der Waals surface area contributed by atoms with E-state index >= 15 is 0 Å². The third kappa shape index (κ3) is 1.89. The number of piperidine rings is 1. The van der Waals surface area contributed by atoms with E-state index in [0.29, 0.717) is 0 Å². The van der Waals surface area contributed by atoms with E-state index in [1.807, 2.05) is 4.90 Å². The number of anilines is 1. The summed E-state index contributed by atoms with van der Waals surface area (Å²) in [5.41, 5.74) is -0.175. The van der Waals surface area contributed by atoms with Gasteiger partial charge in [0, 0.05) is 13.1 Å². The van der Waals surface area contributed by atoms with Gasteiger partial charge in [-0.05, 0) is 19.3 Å². The summed E-state index contributed by atoms with van der Waals surface area (Å²) in [7, 11) is 0. The number of nitrogens with zero attached hydrogens (tertiary/aromatic N) is 4. The van der Waals surface area contributed by atoms with Crippen LogP contribution in [0.25, 0.3) is 0 Å². The second-order valence-corrected chi connectivity index (χ2v) is 3.52. The van der Waals surface area contributed by atoms with Crippen LogP contribution in [0.15, 0.2) is 6.33 Å². The van der Waals surface area contributed by atoms with E-state index in [-0.39, 0.29) is 11.5 Å². The third-order valence-electron chi connectivity index (χ3n) is 2.53. The minimum absolute atomic E-state index is 0.175. The lowest BCUT2D eigenvalue weighted by Crippen LogP contribution is -2.31. The second-order valence-electron chi connectivity index (χ2n) is 3.52. The molecule has 2 heterocycles. The predicted octanol–water partition coefficient (Wildman–Crippen LogP) is 1.48. The average molecular weight is 206 g/mol. The maximum absolute atomic E-state index is 13.7. The molecule has 1 aromatic rings. The standard InChI is InChI=1S/C10H11FN4/c11-9-8(6-12)13-7-14-10(9)15-4-2-1-3-5-15/h7H,1-5H2. The molecule has 1 aromatic heterocycles. The lowest BCUT2D eigenvalue weighted by Gasteiger charge is -2.27. The van der Waals surface area contributed by atoms with E-state index in [1.54, 1.807) is 6.07 Å². The first kappa shape index (κ1) is 9.84. The Hall–Kier alpha value is -1.70. The van der Waals surface area contributed by atoms with E-state index < -0.39 is 5.82 Å². The summed E-state index contributed by atoms with van der Waals surface area (Å²) in [6.07, 6.45) is 4.51. The summed E-state index contributed by atoms with van der Waals surface area (Å²) in [4.78, 5) is 9.35. The van der Waals surface area contributed by atoms with Crippen molar-refractivity contribution < 1.29 is 4.39 Å². The Kier molecular flexibility index (Phi) is 2.77. The quantitative estimate of drug-likeness (QED) is 0.698. The Morgan fingerprint density at radius 2 is 2.00 bits per heavy atom. The van der Waals surface area contributed by atoms with Gasteiger partial charge in [0.1, 0.15) is 12.4 Å².